The molecule has 3 N–H and O–H groups in total. The molecule has 1 heterocycles. The Morgan fingerprint density at radius 1 is 1.30 bits per heavy atom. The Hall–Kier alpha value is -0.550. The van der Waals surface area contributed by atoms with Gasteiger partial charge in [0.1, 0.15) is 0 Å². The van der Waals surface area contributed by atoms with Crippen molar-refractivity contribution in [3.63, 3.8) is 0 Å². The topological polar surface area (TPSA) is 38.0 Å². The third kappa shape index (κ3) is 3.37. The van der Waals surface area contributed by atoms with Crippen molar-refractivity contribution in [2.24, 2.45) is 5.84 Å². The average molecular weight is 306 g/mol. The van der Waals surface area contributed by atoms with Gasteiger partial charge in [-0.05, 0) is 41.7 Å². The molecule has 1 aliphatic carbocycles. The van der Waals surface area contributed by atoms with Crippen LogP contribution < -0.4 is 11.3 Å². The van der Waals surface area contributed by atoms with E-state index < -0.39 is 0 Å². The maximum atomic E-state index is 5.76. The minimum Gasteiger partial charge on any atom is -0.271 e. The van der Waals surface area contributed by atoms with Gasteiger partial charge in [-0.2, -0.15) is 11.8 Å². The van der Waals surface area contributed by atoms with Crippen molar-refractivity contribution in [2.45, 2.75) is 43.4 Å². The van der Waals surface area contributed by atoms with Crippen molar-refractivity contribution in [1.29, 1.82) is 0 Å². The Labute approximate surface area is 129 Å². The number of benzene rings is 1. The van der Waals surface area contributed by atoms with Gasteiger partial charge in [-0.3, -0.25) is 11.3 Å². The van der Waals surface area contributed by atoms with Gasteiger partial charge in [0.15, 0.2) is 0 Å². The molecule has 108 valence electrons. The lowest BCUT2D eigenvalue weighted by molar-refractivity contribution is 0.576. The second-order valence-electron chi connectivity index (χ2n) is 5.56. The Morgan fingerprint density at radius 2 is 2.10 bits per heavy atom. The summed E-state index contributed by atoms with van der Waals surface area (Å²) in [7, 11) is 0. The monoisotopic (exact) mass is 306 g/mol. The Bertz CT molecular complexity index is 546. The normalized spacial score (nSPS) is 17.9. The predicted molar refractivity (Wildman–Crippen MR) is 91.4 cm³/mol. The van der Waals surface area contributed by atoms with E-state index in [4.69, 9.17) is 5.84 Å². The van der Waals surface area contributed by atoms with E-state index in [-0.39, 0.29) is 0 Å². The van der Waals surface area contributed by atoms with Crippen LogP contribution in [0.25, 0.3) is 10.1 Å². The fraction of sp³-hybridized carbons (Fsp3) is 0.500. The molecule has 1 aromatic heterocycles. The molecule has 0 amide bonds. The summed E-state index contributed by atoms with van der Waals surface area (Å²) in [5.41, 5.74) is 4.44. The van der Waals surface area contributed by atoms with Gasteiger partial charge in [-0.1, -0.05) is 31.0 Å². The molecule has 2 aromatic rings. The molecule has 1 fully saturated rings. The molecular formula is C16H22N2S2. The molecule has 1 saturated carbocycles. The molecule has 1 atom stereocenters. The van der Waals surface area contributed by atoms with Crippen LogP contribution in [-0.2, 0) is 6.42 Å². The van der Waals surface area contributed by atoms with Crippen LogP contribution in [0.15, 0.2) is 29.6 Å². The SMILES string of the molecule is NNC(CSC1CCCC1)Cc1csc2ccccc12. The molecule has 0 radical (unpaired) electrons. The highest BCUT2D eigenvalue weighted by Crippen LogP contribution is 2.31. The van der Waals surface area contributed by atoms with Gasteiger partial charge in [0.05, 0.1) is 0 Å². The van der Waals surface area contributed by atoms with Crippen molar-refractivity contribution in [3.05, 3.63) is 35.2 Å². The number of hydrazine groups is 1. The lowest BCUT2D eigenvalue weighted by atomic mass is 10.1. The fourth-order valence-electron chi connectivity index (χ4n) is 2.93. The fourth-order valence-corrected chi connectivity index (χ4v) is 5.29. The van der Waals surface area contributed by atoms with Crippen LogP contribution >= 0.6 is 23.1 Å². The van der Waals surface area contributed by atoms with E-state index in [9.17, 15) is 0 Å². The Kier molecular flexibility index (Phi) is 4.99. The summed E-state index contributed by atoms with van der Waals surface area (Å²) < 4.78 is 1.38. The van der Waals surface area contributed by atoms with Crippen LogP contribution in [-0.4, -0.2) is 17.0 Å². The van der Waals surface area contributed by atoms with E-state index in [1.54, 1.807) is 0 Å². The summed E-state index contributed by atoms with van der Waals surface area (Å²) in [5, 5.41) is 4.54. The van der Waals surface area contributed by atoms with Crippen molar-refractivity contribution in [3.8, 4) is 0 Å². The van der Waals surface area contributed by atoms with Crippen LogP contribution in [0.5, 0.6) is 0 Å². The van der Waals surface area contributed by atoms with Gasteiger partial charge in [-0.25, -0.2) is 0 Å². The third-order valence-electron chi connectivity index (χ3n) is 4.10. The summed E-state index contributed by atoms with van der Waals surface area (Å²) in [5.74, 6) is 6.87. The predicted octanol–water partition coefficient (Wildman–Crippen LogP) is 3.95. The number of fused-ring (bicyclic) bond motifs is 1. The average Bonchev–Trinajstić information content (AvgIpc) is 3.13. The van der Waals surface area contributed by atoms with Gasteiger partial charge in [0, 0.05) is 21.7 Å². The highest BCUT2D eigenvalue weighted by molar-refractivity contribution is 7.99. The number of thiophene rings is 1. The number of nitrogens with one attached hydrogen (secondary N) is 1. The van der Waals surface area contributed by atoms with Gasteiger partial charge in [0.25, 0.3) is 0 Å². The molecule has 0 bridgehead atoms. The lowest BCUT2D eigenvalue weighted by Crippen LogP contribution is -2.39. The molecule has 4 heteroatoms. The molecule has 0 aliphatic heterocycles. The van der Waals surface area contributed by atoms with E-state index in [0.717, 1.165) is 17.4 Å². The van der Waals surface area contributed by atoms with Gasteiger partial charge in [0.2, 0.25) is 0 Å². The summed E-state index contributed by atoms with van der Waals surface area (Å²) in [6, 6.07) is 9.02. The molecule has 20 heavy (non-hydrogen) atoms. The maximum Gasteiger partial charge on any atom is 0.0345 e. The quantitative estimate of drug-likeness (QED) is 0.627. The zero-order valence-corrected chi connectivity index (χ0v) is 13.3. The highest BCUT2D eigenvalue weighted by Gasteiger charge is 2.18. The van der Waals surface area contributed by atoms with Gasteiger partial charge in [-0.15, -0.1) is 11.3 Å². The lowest BCUT2D eigenvalue weighted by Gasteiger charge is -2.17. The third-order valence-corrected chi connectivity index (χ3v) is 6.65. The van der Waals surface area contributed by atoms with E-state index in [0.29, 0.717) is 6.04 Å². The molecule has 1 aliphatic rings. The summed E-state index contributed by atoms with van der Waals surface area (Å²) in [6.45, 7) is 0. The van der Waals surface area contributed by atoms with Crippen LogP contribution in [0.2, 0.25) is 0 Å². The second-order valence-corrected chi connectivity index (χ2v) is 7.81. The molecule has 1 aromatic carbocycles. The van der Waals surface area contributed by atoms with Crippen LogP contribution in [0.3, 0.4) is 0 Å². The molecule has 1 unspecified atom stereocenters. The van der Waals surface area contributed by atoms with E-state index in [2.05, 4.69) is 46.8 Å². The smallest absolute Gasteiger partial charge is 0.0345 e. The minimum atomic E-state index is 0.374. The van der Waals surface area contributed by atoms with Crippen molar-refractivity contribution in [1.82, 2.24) is 5.43 Å². The van der Waals surface area contributed by atoms with Gasteiger partial charge >= 0.3 is 0 Å². The van der Waals surface area contributed by atoms with Crippen LogP contribution in [0.4, 0.5) is 0 Å². The maximum absolute atomic E-state index is 5.76. The second kappa shape index (κ2) is 6.94. The number of hydrogen-bond acceptors (Lipinski definition) is 4. The first-order valence-electron chi connectivity index (χ1n) is 7.39. The number of nitrogens with two attached hydrogens (primary N) is 1. The highest BCUT2D eigenvalue weighted by atomic mass is 32.2. The first kappa shape index (κ1) is 14.4. The zero-order chi connectivity index (χ0) is 13.8. The van der Waals surface area contributed by atoms with Crippen LogP contribution in [0, 0.1) is 0 Å². The first-order chi connectivity index (χ1) is 9.86. The summed E-state index contributed by atoms with van der Waals surface area (Å²) in [6.07, 6.45) is 6.63. The number of rotatable bonds is 6. The van der Waals surface area contributed by atoms with Crippen LogP contribution in [0.1, 0.15) is 31.2 Å². The molecule has 3 rings (SSSR count). The number of thioether (sulfide) groups is 1. The Morgan fingerprint density at radius 3 is 2.90 bits per heavy atom. The van der Waals surface area contributed by atoms with E-state index >= 15 is 0 Å². The van der Waals surface area contributed by atoms with E-state index in [1.165, 1.54) is 41.3 Å². The standard InChI is InChI=1S/C16H22N2S2/c17-18-13(11-19-14-5-1-2-6-14)9-12-10-20-16-8-4-3-7-15(12)16/h3-4,7-8,10,13-14,18H,1-2,5-6,9,11,17H2. The summed E-state index contributed by atoms with van der Waals surface area (Å²) in [4.78, 5) is 0. The van der Waals surface area contributed by atoms with Crippen molar-refractivity contribution >= 4 is 33.2 Å². The summed E-state index contributed by atoms with van der Waals surface area (Å²) >= 11 is 3.94. The molecule has 0 saturated heterocycles. The first-order valence-corrected chi connectivity index (χ1v) is 9.32. The van der Waals surface area contributed by atoms with Crippen molar-refractivity contribution in [2.75, 3.05) is 5.75 Å². The molecular weight excluding hydrogens is 284 g/mol. The Balaban J connectivity index is 1.61. The van der Waals surface area contributed by atoms with Crippen molar-refractivity contribution < 1.29 is 0 Å². The molecule has 2 nitrogen and oxygen atoms in total. The minimum absolute atomic E-state index is 0.374. The largest absolute Gasteiger partial charge is 0.271 e. The zero-order valence-electron chi connectivity index (χ0n) is 11.7. The molecule has 0 spiro atoms. The van der Waals surface area contributed by atoms with Gasteiger partial charge < -0.3 is 0 Å². The van der Waals surface area contributed by atoms with E-state index in [1.807, 2.05) is 11.3 Å². The number of hydrogen-bond donors (Lipinski definition) is 2.